The normalized spacial score (nSPS) is 14.8. The van der Waals surface area contributed by atoms with Gasteiger partial charge in [-0.25, -0.2) is 0 Å². The van der Waals surface area contributed by atoms with Crippen LogP contribution in [-0.4, -0.2) is 4.68 Å². The Morgan fingerprint density at radius 1 is 0.478 bits per heavy atom. The summed E-state index contributed by atoms with van der Waals surface area (Å²) in [6.45, 7) is 33.4. The molecule has 1 heterocycles. The van der Waals surface area contributed by atoms with Crippen molar-refractivity contribution < 1.29 is 4.68 Å². The second kappa shape index (κ2) is 19.4. The summed E-state index contributed by atoms with van der Waals surface area (Å²) in [7, 11) is 2.31. The number of hydrogen-bond donors (Lipinski definition) is 0. The lowest BCUT2D eigenvalue weighted by atomic mass is 9.83. The molecule has 1 aliphatic carbocycles. The number of aryl methyl sites for hydroxylation is 2. The van der Waals surface area contributed by atoms with Gasteiger partial charge < -0.3 is 0 Å². The zero-order valence-corrected chi connectivity index (χ0v) is 45.3. The third-order valence-corrected chi connectivity index (χ3v) is 15.5. The molecule has 0 fully saturated rings. The summed E-state index contributed by atoms with van der Waals surface area (Å²) in [6, 6.07) is 47.3. The highest BCUT2D eigenvalue weighted by Crippen LogP contribution is 2.39. The SMILES string of the molecule is CCC1=c2c(-c3ccc(C(C)(C)C)cc3)ccc(-c3ccc(C(C)(C)C)cc3)c2=CCCC1CCCCn1c(CC)c2c(-c3ccc(C(C)(C)C)cc3)ccc(-c3ccc(C(C)(C)C)cc3)c2[n+]1C. The maximum absolute atomic E-state index is 2.63. The van der Waals surface area contributed by atoms with E-state index in [0.717, 1.165) is 32.2 Å². The molecule has 0 amide bonds. The largest absolute Gasteiger partial charge is 0.246 e. The molecule has 1 atom stereocenters. The van der Waals surface area contributed by atoms with Crippen LogP contribution in [0.5, 0.6) is 0 Å². The summed E-state index contributed by atoms with van der Waals surface area (Å²) < 4.78 is 5.13. The van der Waals surface area contributed by atoms with Crippen LogP contribution in [0.4, 0.5) is 0 Å². The Labute approximate surface area is 417 Å². The molecule has 0 spiro atoms. The molecule has 69 heavy (non-hydrogen) atoms. The third-order valence-electron chi connectivity index (χ3n) is 15.5. The monoisotopic (exact) mass is 916 g/mol. The molecule has 1 aromatic heterocycles. The van der Waals surface area contributed by atoms with E-state index in [1.165, 1.54) is 113 Å². The molecule has 0 saturated heterocycles. The van der Waals surface area contributed by atoms with Gasteiger partial charge in [0.25, 0.3) is 0 Å². The molecule has 0 N–H and O–H groups in total. The van der Waals surface area contributed by atoms with Crippen LogP contribution in [0, 0.1) is 5.92 Å². The Morgan fingerprint density at radius 3 is 1.33 bits per heavy atom. The fourth-order valence-corrected chi connectivity index (χ4v) is 11.3. The summed E-state index contributed by atoms with van der Waals surface area (Å²) in [5, 5.41) is 4.32. The molecule has 7 aromatic rings. The van der Waals surface area contributed by atoms with Crippen LogP contribution in [0.3, 0.4) is 0 Å². The first-order valence-corrected chi connectivity index (χ1v) is 26.4. The van der Waals surface area contributed by atoms with E-state index in [2.05, 4.69) is 241 Å². The van der Waals surface area contributed by atoms with E-state index in [4.69, 9.17) is 0 Å². The average molecular weight is 916 g/mol. The first-order chi connectivity index (χ1) is 32.6. The molecule has 0 bridgehead atoms. The summed E-state index contributed by atoms with van der Waals surface area (Å²) in [5.74, 6) is 0.534. The van der Waals surface area contributed by atoms with Gasteiger partial charge in [0, 0.05) is 0 Å². The van der Waals surface area contributed by atoms with Crippen molar-refractivity contribution in [1.82, 2.24) is 4.68 Å². The molecule has 8 rings (SSSR count). The summed E-state index contributed by atoms with van der Waals surface area (Å²) in [5.41, 5.74) is 20.9. The van der Waals surface area contributed by atoms with Gasteiger partial charge in [-0.3, -0.25) is 0 Å². The smallest absolute Gasteiger partial charge is 0.157 e. The number of fused-ring (bicyclic) bond motifs is 2. The summed E-state index contributed by atoms with van der Waals surface area (Å²) >= 11 is 0. The van der Waals surface area contributed by atoms with Crippen molar-refractivity contribution in [2.75, 3.05) is 0 Å². The number of unbranched alkanes of at least 4 members (excludes halogenated alkanes) is 1. The zero-order chi connectivity index (χ0) is 49.6. The third kappa shape index (κ3) is 10.2. The van der Waals surface area contributed by atoms with Gasteiger partial charge in [-0.2, -0.15) is 4.68 Å². The second-order valence-corrected chi connectivity index (χ2v) is 24.4. The van der Waals surface area contributed by atoms with Crippen molar-refractivity contribution in [2.24, 2.45) is 13.0 Å². The van der Waals surface area contributed by atoms with E-state index in [-0.39, 0.29) is 21.7 Å². The molecule has 0 radical (unpaired) electrons. The van der Waals surface area contributed by atoms with E-state index in [1.807, 2.05) is 0 Å². The minimum Gasteiger partial charge on any atom is -0.157 e. The van der Waals surface area contributed by atoms with Crippen molar-refractivity contribution in [3.63, 3.8) is 0 Å². The minimum absolute atomic E-state index is 0.108. The van der Waals surface area contributed by atoms with Crippen LogP contribution < -0.4 is 15.1 Å². The maximum Gasteiger partial charge on any atom is 0.246 e. The van der Waals surface area contributed by atoms with Crippen molar-refractivity contribution in [2.45, 2.75) is 170 Å². The lowest BCUT2D eigenvalue weighted by Crippen LogP contribution is -2.40. The van der Waals surface area contributed by atoms with E-state index in [0.29, 0.717) is 5.92 Å². The highest BCUT2D eigenvalue weighted by Gasteiger charge is 2.29. The molecular weight excluding hydrogens is 833 g/mol. The fraction of sp³-hybridized carbons (Fsp3) is 0.418. The van der Waals surface area contributed by atoms with Crippen molar-refractivity contribution in [1.29, 1.82) is 0 Å². The Bertz CT molecular complexity index is 3050. The van der Waals surface area contributed by atoms with E-state index in [1.54, 1.807) is 5.57 Å². The number of benzene rings is 6. The molecule has 2 heteroatoms. The van der Waals surface area contributed by atoms with Gasteiger partial charge in [0.1, 0.15) is 0 Å². The van der Waals surface area contributed by atoms with Gasteiger partial charge in [0.15, 0.2) is 7.05 Å². The van der Waals surface area contributed by atoms with Crippen LogP contribution in [0.2, 0.25) is 0 Å². The molecular formula is C67H83N2+. The number of hydrogen-bond acceptors (Lipinski definition) is 0. The summed E-state index contributed by atoms with van der Waals surface area (Å²) in [6.07, 6.45) is 10.4. The molecule has 2 nitrogen and oxygen atoms in total. The number of aromatic nitrogens is 2. The predicted octanol–water partition coefficient (Wildman–Crippen LogP) is 16.5. The Morgan fingerprint density at radius 2 is 0.884 bits per heavy atom. The van der Waals surface area contributed by atoms with Crippen LogP contribution in [0.25, 0.3) is 67.1 Å². The first-order valence-electron chi connectivity index (χ1n) is 26.4. The molecule has 0 aliphatic heterocycles. The van der Waals surface area contributed by atoms with Crippen LogP contribution in [0.15, 0.2) is 121 Å². The molecule has 1 aliphatic rings. The van der Waals surface area contributed by atoms with Gasteiger partial charge in [-0.1, -0.05) is 230 Å². The number of nitrogens with zero attached hydrogens (tertiary/aromatic N) is 2. The predicted molar refractivity (Wildman–Crippen MR) is 299 cm³/mol. The Hall–Kier alpha value is -5.47. The molecule has 6 aromatic carbocycles. The molecule has 360 valence electrons. The summed E-state index contributed by atoms with van der Waals surface area (Å²) in [4.78, 5) is 0. The highest BCUT2D eigenvalue weighted by atomic mass is 15.4. The van der Waals surface area contributed by atoms with Crippen LogP contribution in [-0.2, 0) is 41.7 Å². The maximum atomic E-state index is 2.63. The second-order valence-electron chi connectivity index (χ2n) is 24.4. The van der Waals surface area contributed by atoms with Gasteiger partial charge in [0.2, 0.25) is 5.52 Å². The van der Waals surface area contributed by atoms with Crippen molar-refractivity contribution in [3.8, 4) is 44.5 Å². The van der Waals surface area contributed by atoms with Crippen LogP contribution >= 0.6 is 0 Å². The van der Waals surface area contributed by atoms with Gasteiger partial charge in [0.05, 0.1) is 23.2 Å². The minimum atomic E-state index is 0.108. The van der Waals surface area contributed by atoms with Crippen molar-refractivity contribution >= 4 is 22.6 Å². The topological polar surface area (TPSA) is 8.81 Å². The van der Waals surface area contributed by atoms with Gasteiger partial charge in [-0.15, -0.1) is 4.68 Å². The van der Waals surface area contributed by atoms with Gasteiger partial charge >= 0.3 is 0 Å². The van der Waals surface area contributed by atoms with E-state index in [9.17, 15) is 0 Å². The van der Waals surface area contributed by atoms with Crippen LogP contribution in [0.1, 0.15) is 163 Å². The quantitative estimate of drug-likeness (QED) is 0.0903. The fourth-order valence-electron chi connectivity index (χ4n) is 11.3. The highest BCUT2D eigenvalue weighted by molar-refractivity contribution is 6.02. The Balaban J connectivity index is 1.17. The number of rotatable bonds is 11. The molecule has 1 unspecified atom stereocenters. The lowest BCUT2D eigenvalue weighted by molar-refractivity contribution is -0.731. The lowest BCUT2D eigenvalue weighted by Gasteiger charge is -2.22. The average Bonchev–Trinajstić information content (AvgIpc) is 3.46. The van der Waals surface area contributed by atoms with E-state index >= 15 is 0 Å². The van der Waals surface area contributed by atoms with Gasteiger partial charge in [-0.05, 0) is 144 Å². The molecule has 0 saturated carbocycles. The first kappa shape index (κ1) is 49.9. The van der Waals surface area contributed by atoms with Crippen molar-refractivity contribution in [3.05, 3.63) is 160 Å². The zero-order valence-electron chi connectivity index (χ0n) is 45.3. The standard InChI is InChI=1S/C67H83N2/c1-16-54-45(22-20-23-59-55(46-24-32-50(33-25-46)64(3,4)5)40-41-56(61(54)59)47-26-34-51(35-27-47)65(6,7)8)21-18-19-44-69-60(17-2)62-57(48-28-36-52(37-29-48)66(9,10)11)42-43-58(63(62)68(69)15)49-30-38-53(39-31-49)67(12,13)14/h23-43,45H,16-22,44H2,1-15H3/q+1. The van der Waals surface area contributed by atoms with E-state index < -0.39 is 0 Å². The Kier molecular flexibility index (Phi) is 14.0.